The van der Waals surface area contributed by atoms with Crippen molar-refractivity contribution in [1.82, 2.24) is 15.1 Å². The first kappa shape index (κ1) is 19.7. The van der Waals surface area contributed by atoms with Gasteiger partial charge in [-0.05, 0) is 43.2 Å². The molecule has 2 amide bonds. The standard InChI is InChI=1S/C22H33N3O3/c26-22(23-10-14-24-11-7-18-4-1-2-5-19(18)16-24)25-12-8-20(9-13-25)28-17-21-6-3-15-27-21/h1-2,4-5,20-21H,3,6-17H2,(H,23,26). The summed E-state index contributed by atoms with van der Waals surface area (Å²) < 4.78 is 11.6. The van der Waals surface area contributed by atoms with Crippen LogP contribution in [0.1, 0.15) is 36.8 Å². The average molecular weight is 388 g/mol. The van der Waals surface area contributed by atoms with E-state index >= 15 is 0 Å². The first-order chi connectivity index (χ1) is 13.8. The van der Waals surface area contributed by atoms with Gasteiger partial charge in [-0.3, -0.25) is 4.90 Å². The fourth-order valence-electron chi connectivity index (χ4n) is 4.42. The predicted octanol–water partition coefficient (Wildman–Crippen LogP) is 2.41. The molecule has 1 aromatic rings. The van der Waals surface area contributed by atoms with Crippen LogP contribution in [0.4, 0.5) is 4.79 Å². The van der Waals surface area contributed by atoms with E-state index in [1.807, 2.05) is 4.90 Å². The molecule has 1 N–H and O–H groups in total. The molecular formula is C22H33N3O3. The van der Waals surface area contributed by atoms with Crippen LogP contribution in [0.5, 0.6) is 0 Å². The van der Waals surface area contributed by atoms with Crippen molar-refractivity contribution in [2.75, 3.05) is 45.9 Å². The second kappa shape index (κ2) is 9.72. The first-order valence-electron chi connectivity index (χ1n) is 10.8. The lowest BCUT2D eigenvalue weighted by Crippen LogP contribution is -2.48. The van der Waals surface area contributed by atoms with Crippen LogP contribution in [0.15, 0.2) is 24.3 Å². The monoisotopic (exact) mass is 387 g/mol. The average Bonchev–Trinajstić information content (AvgIpc) is 3.26. The number of nitrogens with one attached hydrogen (secondary N) is 1. The Balaban J connectivity index is 1.11. The van der Waals surface area contributed by atoms with Crippen molar-refractivity contribution in [1.29, 1.82) is 0 Å². The van der Waals surface area contributed by atoms with Crippen LogP contribution in [0.25, 0.3) is 0 Å². The lowest BCUT2D eigenvalue weighted by Gasteiger charge is -2.33. The summed E-state index contributed by atoms with van der Waals surface area (Å²) in [5.74, 6) is 0. The highest BCUT2D eigenvalue weighted by molar-refractivity contribution is 5.74. The summed E-state index contributed by atoms with van der Waals surface area (Å²) in [6, 6.07) is 8.73. The molecule has 3 aliphatic rings. The Bertz CT molecular complexity index is 640. The Kier molecular flexibility index (Phi) is 6.83. The first-order valence-corrected chi connectivity index (χ1v) is 10.8. The van der Waals surface area contributed by atoms with Crippen molar-refractivity contribution in [3.05, 3.63) is 35.4 Å². The van der Waals surface area contributed by atoms with Crippen molar-refractivity contribution in [3.63, 3.8) is 0 Å². The lowest BCUT2D eigenvalue weighted by molar-refractivity contribution is -0.0381. The van der Waals surface area contributed by atoms with Crippen molar-refractivity contribution in [2.24, 2.45) is 0 Å². The van der Waals surface area contributed by atoms with Gasteiger partial charge in [0.25, 0.3) is 0 Å². The van der Waals surface area contributed by atoms with Crippen LogP contribution in [0.2, 0.25) is 0 Å². The maximum atomic E-state index is 12.4. The molecular weight excluding hydrogens is 354 g/mol. The van der Waals surface area contributed by atoms with Crippen LogP contribution in [0, 0.1) is 0 Å². The van der Waals surface area contributed by atoms with E-state index in [4.69, 9.17) is 9.47 Å². The molecule has 28 heavy (non-hydrogen) atoms. The largest absolute Gasteiger partial charge is 0.376 e. The second-order valence-corrected chi connectivity index (χ2v) is 8.18. The fraction of sp³-hybridized carbons (Fsp3) is 0.682. The zero-order valence-corrected chi connectivity index (χ0v) is 16.8. The number of urea groups is 1. The smallest absolute Gasteiger partial charge is 0.317 e. The molecule has 2 fully saturated rings. The van der Waals surface area contributed by atoms with Gasteiger partial charge in [0.2, 0.25) is 0 Å². The molecule has 6 nitrogen and oxygen atoms in total. The summed E-state index contributed by atoms with van der Waals surface area (Å²) in [5.41, 5.74) is 2.89. The highest BCUT2D eigenvalue weighted by Crippen LogP contribution is 2.19. The molecule has 0 spiro atoms. The van der Waals surface area contributed by atoms with Crippen molar-refractivity contribution >= 4 is 6.03 Å². The van der Waals surface area contributed by atoms with Gasteiger partial charge in [-0.15, -0.1) is 0 Å². The van der Waals surface area contributed by atoms with Gasteiger partial charge in [0.05, 0.1) is 18.8 Å². The summed E-state index contributed by atoms with van der Waals surface area (Å²) in [6.07, 6.45) is 5.75. The van der Waals surface area contributed by atoms with E-state index in [1.54, 1.807) is 0 Å². The molecule has 1 unspecified atom stereocenters. The van der Waals surface area contributed by atoms with E-state index in [-0.39, 0.29) is 18.2 Å². The Morgan fingerprint density at radius 2 is 1.96 bits per heavy atom. The van der Waals surface area contributed by atoms with E-state index in [1.165, 1.54) is 11.1 Å². The maximum Gasteiger partial charge on any atom is 0.317 e. The highest BCUT2D eigenvalue weighted by Gasteiger charge is 2.25. The van der Waals surface area contributed by atoms with Crippen molar-refractivity contribution in [2.45, 2.75) is 50.9 Å². The van der Waals surface area contributed by atoms with Crippen LogP contribution >= 0.6 is 0 Å². The summed E-state index contributed by atoms with van der Waals surface area (Å²) >= 11 is 0. The van der Waals surface area contributed by atoms with Gasteiger partial charge in [0.15, 0.2) is 0 Å². The third-order valence-corrected chi connectivity index (χ3v) is 6.18. The minimum absolute atomic E-state index is 0.0648. The Labute approximate surface area is 168 Å². The Morgan fingerprint density at radius 1 is 1.14 bits per heavy atom. The number of carbonyl (C=O) groups is 1. The zero-order valence-electron chi connectivity index (χ0n) is 16.8. The number of hydrogen-bond acceptors (Lipinski definition) is 4. The summed E-state index contributed by atoms with van der Waals surface area (Å²) in [7, 11) is 0. The van der Waals surface area contributed by atoms with Crippen LogP contribution in [-0.4, -0.2) is 74.0 Å². The molecule has 6 heteroatoms. The van der Waals surface area contributed by atoms with Gasteiger partial charge in [0.1, 0.15) is 0 Å². The highest BCUT2D eigenvalue weighted by atomic mass is 16.5. The normalized spacial score (nSPS) is 23.6. The van der Waals surface area contributed by atoms with E-state index in [2.05, 4.69) is 34.5 Å². The molecule has 3 aliphatic heterocycles. The third kappa shape index (κ3) is 5.25. The van der Waals surface area contributed by atoms with Gasteiger partial charge < -0.3 is 19.7 Å². The third-order valence-electron chi connectivity index (χ3n) is 6.18. The zero-order chi connectivity index (χ0) is 19.2. The van der Waals surface area contributed by atoms with Gasteiger partial charge in [0, 0.05) is 45.9 Å². The van der Waals surface area contributed by atoms with E-state index in [0.717, 1.165) is 71.4 Å². The molecule has 0 aliphatic carbocycles. The summed E-state index contributed by atoms with van der Waals surface area (Å²) in [5, 5.41) is 3.10. The van der Waals surface area contributed by atoms with Crippen molar-refractivity contribution in [3.8, 4) is 0 Å². The van der Waals surface area contributed by atoms with Crippen molar-refractivity contribution < 1.29 is 14.3 Å². The molecule has 1 aromatic carbocycles. The minimum Gasteiger partial charge on any atom is -0.376 e. The number of amides is 2. The minimum atomic E-state index is 0.0648. The molecule has 154 valence electrons. The summed E-state index contributed by atoms with van der Waals surface area (Å²) in [6.45, 7) is 6.79. The Hall–Kier alpha value is -1.63. The van der Waals surface area contributed by atoms with Gasteiger partial charge in [-0.1, -0.05) is 24.3 Å². The SMILES string of the molecule is O=C(NCCN1CCc2ccccc2C1)N1CCC(OCC2CCCO2)CC1. The van der Waals surface area contributed by atoms with Crippen LogP contribution < -0.4 is 5.32 Å². The quantitative estimate of drug-likeness (QED) is 0.815. The number of benzene rings is 1. The Morgan fingerprint density at radius 3 is 2.75 bits per heavy atom. The molecule has 4 rings (SSSR count). The molecule has 0 saturated carbocycles. The molecule has 2 saturated heterocycles. The molecule has 1 atom stereocenters. The van der Waals surface area contributed by atoms with E-state index < -0.39 is 0 Å². The van der Waals surface area contributed by atoms with Gasteiger partial charge in [-0.2, -0.15) is 0 Å². The molecule has 0 bridgehead atoms. The predicted molar refractivity (Wildman–Crippen MR) is 108 cm³/mol. The number of rotatable bonds is 6. The number of fused-ring (bicyclic) bond motifs is 1. The number of likely N-dealkylation sites (tertiary alicyclic amines) is 1. The number of piperidine rings is 1. The second-order valence-electron chi connectivity index (χ2n) is 8.18. The maximum absolute atomic E-state index is 12.4. The fourth-order valence-corrected chi connectivity index (χ4v) is 4.42. The molecule has 0 aromatic heterocycles. The van der Waals surface area contributed by atoms with Gasteiger partial charge >= 0.3 is 6.03 Å². The van der Waals surface area contributed by atoms with Crippen LogP contribution in [0.3, 0.4) is 0 Å². The van der Waals surface area contributed by atoms with Gasteiger partial charge in [-0.25, -0.2) is 4.79 Å². The molecule has 3 heterocycles. The topological polar surface area (TPSA) is 54.0 Å². The van der Waals surface area contributed by atoms with Crippen LogP contribution in [-0.2, 0) is 22.4 Å². The number of hydrogen-bond donors (Lipinski definition) is 1. The van der Waals surface area contributed by atoms with E-state index in [0.29, 0.717) is 13.2 Å². The van der Waals surface area contributed by atoms with E-state index in [9.17, 15) is 4.79 Å². The number of carbonyl (C=O) groups excluding carboxylic acids is 1. The lowest BCUT2D eigenvalue weighted by atomic mass is 10.00. The number of nitrogens with zero attached hydrogens (tertiary/aromatic N) is 2. The number of ether oxygens (including phenoxy) is 2. The molecule has 0 radical (unpaired) electrons. The summed E-state index contributed by atoms with van der Waals surface area (Å²) in [4.78, 5) is 16.8.